The van der Waals surface area contributed by atoms with Crippen LogP contribution in [0, 0.1) is 6.92 Å². The second-order valence-electron chi connectivity index (χ2n) is 6.33. The van der Waals surface area contributed by atoms with Crippen LogP contribution in [0.15, 0.2) is 22.7 Å². The van der Waals surface area contributed by atoms with E-state index in [-0.39, 0.29) is 23.9 Å². The molecule has 0 atom stereocenters. The maximum atomic E-state index is 12.9. The maximum Gasteiger partial charge on any atom is 0.294 e. The van der Waals surface area contributed by atoms with Gasteiger partial charge in [-0.2, -0.15) is 0 Å². The van der Waals surface area contributed by atoms with Gasteiger partial charge in [0.05, 0.1) is 27.8 Å². The number of hydrazine groups is 1. The van der Waals surface area contributed by atoms with Gasteiger partial charge in [-0.05, 0) is 31.0 Å². The fourth-order valence-electron chi connectivity index (χ4n) is 3.18. The third kappa shape index (κ3) is 3.73. The minimum Gasteiger partial charge on any atom is -0.493 e. The summed E-state index contributed by atoms with van der Waals surface area (Å²) < 4.78 is 20.9. The first-order valence-corrected chi connectivity index (χ1v) is 8.82. The first-order valence-electron chi connectivity index (χ1n) is 8.82. The Kier molecular flexibility index (Phi) is 5.72. The summed E-state index contributed by atoms with van der Waals surface area (Å²) in [6, 6.07) is 5.01. The van der Waals surface area contributed by atoms with Gasteiger partial charge in [0.25, 0.3) is 5.91 Å². The Labute approximate surface area is 162 Å². The number of nitrogens with zero attached hydrogens (tertiary/aromatic N) is 3. The van der Waals surface area contributed by atoms with E-state index >= 15 is 0 Å². The Bertz CT molecular complexity index is 853. The van der Waals surface area contributed by atoms with Crippen molar-refractivity contribution in [1.82, 2.24) is 15.2 Å². The van der Waals surface area contributed by atoms with Gasteiger partial charge >= 0.3 is 0 Å². The Morgan fingerprint density at radius 1 is 1.04 bits per heavy atom. The number of rotatable bonds is 6. The summed E-state index contributed by atoms with van der Waals surface area (Å²) in [4.78, 5) is 25.6. The highest BCUT2D eigenvalue weighted by Gasteiger charge is 2.32. The Morgan fingerprint density at radius 3 is 2.21 bits per heavy atom. The van der Waals surface area contributed by atoms with Crippen molar-refractivity contribution in [3.05, 3.63) is 35.2 Å². The number of hydrogen-bond acceptors (Lipinski definition) is 7. The van der Waals surface area contributed by atoms with Crippen LogP contribution in [0.1, 0.15) is 28.2 Å². The lowest BCUT2D eigenvalue weighted by Crippen LogP contribution is -2.45. The van der Waals surface area contributed by atoms with Gasteiger partial charge in [-0.3, -0.25) is 14.6 Å². The predicted octanol–water partition coefficient (Wildman–Crippen LogP) is 1.84. The summed E-state index contributed by atoms with van der Waals surface area (Å²) in [5.41, 5.74) is 0.876. The van der Waals surface area contributed by atoms with E-state index in [2.05, 4.69) is 5.16 Å². The van der Waals surface area contributed by atoms with Crippen molar-refractivity contribution in [2.45, 2.75) is 19.8 Å². The van der Waals surface area contributed by atoms with Gasteiger partial charge in [-0.15, -0.1) is 0 Å². The van der Waals surface area contributed by atoms with E-state index in [4.69, 9.17) is 18.7 Å². The molecule has 150 valence electrons. The molecule has 0 unspecified atom stereocenters. The zero-order valence-electron chi connectivity index (χ0n) is 16.4. The van der Waals surface area contributed by atoms with Crippen molar-refractivity contribution < 1.29 is 28.3 Å². The van der Waals surface area contributed by atoms with Crippen molar-refractivity contribution in [2.75, 3.05) is 34.4 Å². The number of ether oxygens (including phenoxy) is 3. The number of carbonyl (C=O) groups excluding carboxylic acids is 2. The Balaban J connectivity index is 1.79. The summed E-state index contributed by atoms with van der Waals surface area (Å²) in [6.07, 6.45) is 0.780. The first kappa shape index (κ1) is 19.5. The molecule has 0 saturated carbocycles. The van der Waals surface area contributed by atoms with E-state index in [1.165, 1.54) is 31.3 Å². The van der Waals surface area contributed by atoms with Gasteiger partial charge in [0.2, 0.25) is 11.7 Å². The summed E-state index contributed by atoms with van der Waals surface area (Å²) in [7, 11) is 4.55. The minimum absolute atomic E-state index is 0.0817. The van der Waals surface area contributed by atoms with Crippen LogP contribution in [0.3, 0.4) is 0 Å². The van der Waals surface area contributed by atoms with Crippen LogP contribution in [0.4, 0.5) is 0 Å². The fourth-order valence-corrected chi connectivity index (χ4v) is 3.18. The molecular formula is C19H23N3O6. The quantitative estimate of drug-likeness (QED) is 0.744. The van der Waals surface area contributed by atoms with Crippen LogP contribution < -0.4 is 14.2 Å². The summed E-state index contributed by atoms with van der Waals surface area (Å²) in [5.74, 6) is 1.38. The molecule has 2 heterocycles. The molecule has 0 aliphatic carbocycles. The lowest BCUT2D eigenvalue weighted by Gasteiger charge is -2.27. The van der Waals surface area contributed by atoms with Gasteiger partial charge < -0.3 is 18.7 Å². The number of aromatic nitrogens is 1. The lowest BCUT2D eigenvalue weighted by molar-refractivity contribution is -0.139. The van der Waals surface area contributed by atoms with E-state index in [0.29, 0.717) is 48.1 Å². The normalized spacial score (nSPS) is 13.6. The van der Waals surface area contributed by atoms with E-state index in [1.807, 2.05) is 0 Å². The topological polar surface area (TPSA) is 94.3 Å². The van der Waals surface area contributed by atoms with Crippen molar-refractivity contribution in [2.24, 2.45) is 0 Å². The van der Waals surface area contributed by atoms with E-state index in [1.54, 1.807) is 25.1 Å². The molecule has 1 aromatic heterocycles. The number of benzene rings is 1. The van der Waals surface area contributed by atoms with Gasteiger partial charge in [0, 0.05) is 19.2 Å². The van der Waals surface area contributed by atoms with E-state index in [9.17, 15) is 9.59 Å². The number of hydrogen-bond donors (Lipinski definition) is 0. The zero-order chi connectivity index (χ0) is 20.3. The molecule has 1 fully saturated rings. The fraction of sp³-hybridized carbons (Fsp3) is 0.421. The highest BCUT2D eigenvalue weighted by Crippen LogP contribution is 2.38. The average molecular weight is 389 g/mol. The predicted molar refractivity (Wildman–Crippen MR) is 98.4 cm³/mol. The molecule has 1 saturated heterocycles. The van der Waals surface area contributed by atoms with Crippen molar-refractivity contribution in [3.63, 3.8) is 0 Å². The van der Waals surface area contributed by atoms with E-state index < -0.39 is 0 Å². The molecule has 9 nitrogen and oxygen atoms in total. The first-order chi connectivity index (χ1) is 13.5. The molecular weight excluding hydrogens is 366 g/mol. The highest BCUT2D eigenvalue weighted by atomic mass is 16.5. The zero-order valence-corrected chi connectivity index (χ0v) is 16.4. The Morgan fingerprint density at radius 2 is 1.68 bits per heavy atom. The largest absolute Gasteiger partial charge is 0.493 e. The van der Waals surface area contributed by atoms with Crippen LogP contribution in [-0.4, -0.2) is 61.4 Å². The molecule has 1 aliphatic heterocycles. The SMILES string of the molecule is COc1cc(CC(=O)N2CCCN2C(=O)c2cc(C)on2)cc(OC)c1OC. The van der Waals surface area contributed by atoms with Crippen molar-refractivity contribution in [1.29, 1.82) is 0 Å². The van der Waals surface area contributed by atoms with E-state index in [0.717, 1.165) is 0 Å². The van der Waals surface area contributed by atoms with Crippen LogP contribution in [0.2, 0.25) is 0 Å². The second kappa shape index (κ2) is 8.20. The molecule has 0 spiro atoms. The van der Waals surface area contributed by atoms with Crippen molar-refractivity contribution in [3.8, 4) is 17.2 Å². The molecule has 28 heavy (non-hydrogen) atoms. The number of aryl methyl sites for hydroxylation is 1. The van der Waals surface area contributed by atoms with Gasteiger partial charge in [-0.1, -0.05) is 5.16 Å². The Hall–Kier alpha value is -3.23. The van der Waals surface area contributed by atoms with Crippen LogP contribution in [0.25, 0.3) is 0 Å². The number of carbonyl (C=O) groups is 2. The summed E-state index contributed by atoms with van der Waals surface area (Å²) in [5, 5.41) is 6.62. The van der Waals surface area contributed by atoms with Crippen LogP contribution in [-0.2, 0) is 11.2 Å². The molecule has 0 radical (unpaired) electrons. The smallest absolute Gasteiger partial charge is 0.294 e. The lowest BCUT2D eigenvalue weighted by atomic mass is 10.1. The summed E-state index contributed by atoms with van der Waals surface area (Å²) >= 11 is 0. The molecule has 0 bridgehead atoms. The van der Waals surface area contributed by atoms with Gasteiger partial charge in [0.15, 0.2) is 17.2 Å². The average Bonchev–Trinajstić information content (AvgIpc) is 3.35. The second-order valence-corrected chi connectivity index (χ2v) is 6.33. The number of amides is 2. The monoisotopic (exact) mass is 389 g/mol. The van der Waals surface area contributed by atoms with Crippen molar-refractivity contribution >= 4 is 11.8 Å². The minimum atomic E-state index is -0.354. The third-order valence-electron chi connectivity index (χ3n) is 4.48. The molecule has 9 heteroatoms. The number of methoxy groups -OCH3 is 3. The van der Waals surface area contributed by atoms with Gasteiger partial charge in [-0.25, -0.2) is 5.01 Å². The van der Waals surface area contributed by atoms with Crippen LogP contribution >= 0.6 is 0 Å². The molecule has 1 aromatic carbocycles. The highest BCUT2D eigenvalue weighted by molar-refractivity contribution is 5.94. The summed E-state index contributed by atoms with van der Waals surface area (Å²) in [6.45, 7) is 2.62. The maximum absolute atomic E-state index is 12.9. The molecule has 3 rings (SSSR count). The third-order valence-corrected chi connectivity index (χ3v) is 4.48. The molecule has 0 N–H and O–H groups in total. The molecule has 2 aromatic rings. The van der Waals surface area contributed by atoms with Crippen LogP contribution in [0.5, 0.6) is 17.2 Å². The van der Waals surface area contributed by atoms with Gasteiger partial charge in [0.1, 0.15) is 5.76 Å². The molecule has 2 amide bonds. The standard InChI is InChI=1S/C19H23N3O6/c1-12-8-14(20-28-12)19(24)22-7-5-6-21(22)17(23)11-13-9-15(25-2)18(27-4)16(10-13)26-3/h8-10H,5-7,11H2,1-4H3. The molecule has 1 aliphatic rings.